The molecule has 0 aliphatic rings. The number of carbonyl (C=O) groups excluding carboxylic acids is 1. The fraction of sp³-hybridized carbons (Fsp3) is 0.0909. The van der Waals surface area contributed by atoms with Crippen molar-refractivity contribution in [1.82, 2.24) is 4.98 Å². The highest BCUT2D eigenvalue weighted by atomic mass is 16.5. The van der Waals surface area contributed by atoms with Gasteiger partial charge in [-0.05, 0) is 36.4 Å². The number of benzene rings is 3. The molecule has 1 amide bonds. The molecule has 1 aromatic heterocycles. The van der Waals surface area contributed by atoms with Crippen LogP contribution in [0.1, 0.15) is 6.42 Å². The summed E-state index contributed by atoms with van der Waals surface area (Å²) in [6.45, 7) is 0.306. The van der Waals surface area contributed by atoms with Crippen molar-refractivity contribution >= 4 is 22.7 Å². The molecule has 0 saturated carbocycles. The van der Waals surface area contributed by atoms with Gasteiger partial charge in [-0.15, -0.1) is 0 Å². The molecule has 0 bridgehead atoms. The second-order valence-corrected chi connectivity index (χ2v) is 5.99. The molecular formula is C22H18N2O3. The zero-order chi connectivity index (χ0) is 18.5. The van der Waals surface area contributed by atoms with Crippen LogP contribution in [0.15, 0.2) is 83.3 Å². The summed E-state index contributed by atoms with van der Waals surface area (Å²) in [4.78, 5) is 16.8. The molecule has 0 atom stereocenters. The van der Waals surface area contributed by atoms with Crippen LogP contribution in [-0.4, -0.2) is 17.5 Å². The lowest BCUT2D eigenvalue weighted by Crippen LogP contribution is -2.15. The van der Waals surface area contributed by atoms with Gasteiger partial charge in [0, 0.05) is 0 Å². The highest BCUT2D eigenvalue weighted by Gasteiger charge is 2.13. The topological polar surface area (TPSA) is 64.4 Å². The van der Waals surface area contributed by atoms with Crippen molar-refractivity contribution in [2.45, 2.75) is 6.42 Å². The van der Waals surface area contributed by atoms with Crippen LogP contribution >= 0.6 is 0 Å². The lowest BCUT2D eigenvalue weighted by Gasteiger charge is -2.09. The van der Waals surface area contributed by atoms with Gasteiger partial charge in [-0.1, -0.05) is 42.5 Å². The van der Waals surface area contributed by atoms with Crippen LogP contribution in [0.2, 0.25) is 0 Å². The quantitative estimate of drug-likeness (QED) is 0.532. The Balaban J connectivity index is 1.45. The van der Waals surface area contributed by atoms with Crippen LogP contribution in [0.4, 0.5) is 5.69 Å². The van der Waals surface area contributed by atoms with Crippen molar-refractivity contribution < 1.29 is 13.9 Å². The third kappa shape index (κ3) is 3.98. The number of hydrogen-bond acceptors (Lipinski definition) is 4. The van der Waals surface area contributed by atoms with E-state index >= 15 is 0 Å². The second kappa shape index (κ2) is 7.74. The van der Waals surface area contributed by atoms with Gasteiger partial charge in [-0.3, -0.25) is 4.79 Å². The van der Waals surface area contributed by atoms with Crippen molar-refractivity contribution in [1.29, 1.82) is 0 Å². The molecule has 1 N–H and O–H groups in total. The molecular weight excluding hydrogens is 340 g/mol. The first kappa shape index (κ1) is 16.8. The van der Waals surface area contributed by atoms with Gasteiger partial charge in [0.15, 0.2) is 5.58 Å². The summed E-state index contributed by atoms with van der Waals surface area (Å²) in [5.41, 5.74) is 2.90. The Morgan fingerprint density at radius 2 is 1.67 bits per heavy atom. The fourth-order valence-electron chi connectivity index (χ4n) is 2.76. The van der Waals surface area contributed by atoms with E-state index in [0.29, 0.717) is 23.8 Å². The lowest BCUT2D eigenvalue weighted by molar-refractivity contribution is -0.116. The molecule has 4 rings (SSSR count). The molecule has 0 unspecified atom stereocenters. The van der Waals surface area contributed by atoms with E-state index in [4.69, 9.17) is 9.15 Å². The van der Waals surface area contributed by atoms with Gasteiger partial charge in [0.05, 0.1) is 24.3 Å². The third-order valence-electron chi connectivity index (χ3n) is 4.07. The maximum atomic E-state index is 12.3. The summed E-state index contributed by atoms with van der Waals surface area (Å²) in [6.07, 6.45) is 0.247. The Bertz CT molecular complexity index is 1020. The minimum atomic E-state index is -0.130. The van der Waals surface area contributed by atoms with Gasteiger partial charge in [0.1, 0.15) is 11.3 Å². The first-order chi connectivity index (χ1) is 13.3. The van der Waals surface area contributed by atoms with Gasteiger partial charge in [-0.25, -0.2) is 4.98 Å². The number of nitrogens with one attached hydrogen (secondary N) is 1. The lowest BCUT2D eigenvalue weighted by atomic mass is 10.1. The van der Waals surface area contributed by atoms with Crippen LogP contribution < -0.4 is 10.1 Å². The first-order valence-corrected chi connectivity index (χ1v) is 8.72. The zero-order valence-electron chi connectivity index (χ0n) is 14.6. The number of anilines is 1. The summed E-state index contributed by atoms with van der Waals surface area (Å²) in [6, 6.07) is 24.5. The number of nitrogens with zero attached hydrogens (tertiary/aromatic N) is 1. The maximum Gasteiger partial charge on any atom is 0.229 e. The zero-order valence-corrected chi connectivity index (χ0v) is 14.6. The second-order valence-electron chi connectivity index (χ2n) is 5.99. The minimum Gasteiger partial charge on any atom is -0.493 e. The van der Waals surface area contributed by atoms with Crippen molar-refractivity contribution in [3.63, 3.8) is 0 Å². The van der Waals surface area contributed by atoms with Crippen LogP contribution in [0.25, 0.3) is 22.6 Å². The van der Waals surface area contributed by atoms with E-state index in [1.807, 2.05) is 78.9 Å². The Morgan fingerprint density at radius 3 is 2.52 bits per heavy atom. The Labute approximate surface area is 156 Å². The molecule has 0 spiro atoms. The number of ether oxygens (including phenoxy) is 1. The number of fused-ring (bicyclic) bond motifs is 1. The van der Waals surface area contributed by atoms with Crippen LogP contribution in [0.5, 0.6) is 5.75 Å². The monoisotopic (exact) mass is 358 g/mol. The smallest absolute Gasteiger partial charge is 0.229 e. The van der Waals surface area contributed by atoms with E-state index < -0.39 is 0 Å². The molecule has 0 aliphatic heterocycles. The minimum absolute atomic E-state index is 0.130. The first-order valence-electron chi connectivity index (χ1n) is 8.72. The predicted molar refractivity (Wildman–Crippen MR) is 105 cm³/mol. The van der Waals surface area contributed by atoms with E-state index in [9.17, 15) is 4.79 Å². The number of para-hydroxylation sites is 4. The van der Waals surface area contributed by atoms with Gasteiger partial charge in [0.25, 0.3) is 0 Å². The molecule has 134 valence electrons. The molecule has 1 heterocycles. The summed E-state index contributed by atoms with van der Waals surface area (Å²) in [7, 11) is 0. The van der Waals surface area contributed by atoms with E-state index in [2.05, 4.69) is 10.3 Å². The van der Waals surface area contributed by atoms with Gasteiger partial charge in [-0.2, -0.15) is 0 Å². The van der Waals surface area contributed by atoms with Crippen molar-refractivity contribution in [3.05, 3.63) is 78.9 Å². The number of amides is 1. The molecule has 3 aromatic carbocycles. The standard InChI is InChI=1S/C22H18N2O3/c25-21(14-15-26-16-8-2-1-3-9-16)23-18-11-5-4-10-17(18)22-24-19-12-6-7-13-20(19)27-22/h1-13H,14-15H2,(H,23,25). The number of hydrogen-bond donors (Lipinski definition) is 1. The van der Waals surface area contributed by atoms with E-state index in [0.717, 1.165) is 16.8 Å². The van der Waals surface area contributed by atoms with Crippen LogP contribution in [0.3, 0.4) is 0 Å². The summed E-state index contributed by atoms with van der Waals surface area (Å²) in [5.74, 6) is 1.10. The third-order valence-corrected chi connectivity index (χ3v) is 4.07. The average Bonchev–Trinajstić information content (AvgIpc) is 3.13. The van der Waals surface area contributed by atoms with Crippen molar-refractivity contribution in [2.75, 3.05) is 11.9 Å². The van der Waals surface area contributed by atoms with Gasteiger partial charge in [0.2, 0.25) is 11.8 Å². The summed E-state index contributed by atoms with van der Waals surface area (Å²) >= 11 is 0. The van der Waals surface area contributed by atoms with Crippen molar-refractivity contribution in [3.8, 4) is 17.2 Å². The Hall–Kier alpha value is -3.60. The summed E-state index contributed by atoms with van der Waals surface area (Å²) in [5, 5.41) is 2.92. The highest BCUT2D eigenvalue weighted by molar-refractivity contribution is 5.95. The largest absolute Gasteiger partial charge is 0.493 e. The number of carbonyl (C=O) groups is 1. The molecule has 4 aromatic rings. The molecule has 5 nitrogen and oxygen atoms in total. The summed E-state index contributed by atoms with van der Waals surface area (Å²) < 4.78 is 11.4. The Kier molecular flexibility index (Phi) is 4.83. The molecule has 0 aliphatic carbocycles. The maximum absolute atomic E-state index is 12.3. The average molecular weight is 358 g/mol. The Morgan fingerprint density at radius 1 is 0.926 bits per heavy atom. The molecule has 0 fully saturated rings. The number of rotatable bonds is 6. The fourth-order valence-corrected chi connectivity index (χ4v) is 2.76. The molecule has 0 radical (unpaired) electrons. The van der Waals surface area contributed by atoms with Gasteiger partial charge < -0.3 is 14.5 Å². The SMILES string of the molecule is O=C(CCOc1ccccc1)Nc1ccccc1-c1nc2ccccc2o1. The van der Waals surface area contributed by atoms with Crippen LogP contribution in [-0.2, 0) is 4.79 Å². The highest BCUT2D eigenvalue weighted by Crippen LogP contribution is 2.30. The predicted octanol–water partition coefficient (Wildman–Crippen LogP) is 4.90. The van der Waals surface area contributed by atoms with E-state index in [-0.39, 0.29) is 12.3 Å². The number of aromatic nitrogens is 1. The normalized spacial score (nSPS) is 10.7. The van der Waals surface area contributed by atoms with E-state index in [1.165, 1.54) is 0 Å². The van der Waals surface area contributed by atoms with Crippen molar-refractivity contribution in [2.24, 2.45) is 0 Å². The van der Waals surface area contributed by atoms with E-state index in [1.54, 1.807) is 0 Å². The van der Waals surface area contributed by atoms with Crippen LogP contribution in [0, 0.1) is 0 Å². The number of oxazole rings is 1. The van der Waals surface area contributed by atoms with Gasteiger partial charge >= 0.3 is 0 Å². The molecule has 27 heavy (non-hydrogen) atoms. The molecule has 5 heteroatoms. The molecule has 0 saturated heterocycles.